The molecule has 1 heterocycles. The van der Waals surface area contributed by atoms with Gasteiger partial charge < -0.3 is 15.2 Å². The van der Waals surface area contributed by atoms with Crippen LogP contribution in [0.25, 0.3) is 0 Å². The molecule has 0 saturated carbocycles. The van der Waals surface area contributed by atoms with Gasteiger partial charge in [-0.15, -0.1) is 12.4 Å². The van der Waals surface area contributed by atoms with E-state index >= 15 is 0 Å². The van der Waals surface area contributed by atoms with Gasteiger partial charge in [0.25, 0.3) is 0 Å². The molecule has 0 aromatic heterocycles. The van der Waals surface area contributed by atoms with Crippen molar-refractivity contribution in [1.29, 1.82) is 0 Å². The highest BCUT2D eigenvalue weighted by molar-refractivity contribution is 5.85. The van der Waals surface area contributed by atoms with Crippen molar-refractivity contribution in [2.75, 3.05) is 19.7 Å². The summed E-state index contributed by atoms with van der Waals surface area (Å²) in [6.45, 7) is 3.59. The van der Waals surface area contributed by atoms with Crippen molar-refractivity contribution in [3.63, 3.8) is 0 Å². The number of hydrogen-bond donors (Lipinski definition) is 2. The molecule has 1 atom stereocenters. The predicted octanol–water partition coefficient (Wildman–Crippen LogP) is 0.651. The minimum absolute atomic E-state index is 0. The van der Waals surface area contributed by atoms with Crippen LogP contribution in [0.2, 0.25) is 0 Å². The zero-order valence-electron chi connectivity index (χ0n) is 7.71. The normalized spacial score (nSPS) is 27.8. The number of carboxylic acid groups (broad SMARTS) is 1. The fourth-order valence-electron chi connectivity index (χ4n) is 1.52. The van der Waals surface area contributed by atoms with Crippen molar-refractivity contribution >= 4 is 18.4 Å². The molecule has 4 nitrogen and oxygen atoms in total. The van der Waals surface area contributed by atoms with E-state index in [9.17, 15) is 4.79 Å². The molecule has 0 bridgehead atoms. The Morgan fingerprint density at radius 2 is 2.38 bits per heavy atom. The molecule has 1 aliphatic heterocycles. The third-order valence-corrected chi connectivity index (χ3v) is 2.16. The van der Waals surface area contributed by atoms with Crippen LogP contribution in [0.5, 0.6) is 0 Å². The van der Waals surface area contributed by atoms with E-state index in [1.54, 1.807) is 0 Å². The SMILES string of the molecule is CCOC1(C(=O)O)CCCNC1.Cl. The molecule has 0 spiro atoms. The minimum Gasteiger partial charge on any atom is -0.479 e. The number of halogens is 1. The summed E-state index contributed by atoms with van der Waals surface area (Å²) in [4.78, 5) is 10.9. The lowest BCUT2D eigenvalue weighted by molar-refractivity contribution is -0.167. The third kappa shape index (κ3) is 2.83. The van der Waals surface area contributed by atoms with Gasteiger partial charge in [0, 0.05) is 13.2 Å². The number of aliphatic carboxylic acids is 1. The molecule has 13 heavy (non-hydrogen) atoms. The Hall–Kier alpha value is -0.320. The lowest BCUT2D eigenvalue weighted by atomic mass is 9.94. The van der Waals surface area contributed by atoms with Crippen molar-refractivity contribution in [1.82, 2.24) is 5.32 Å². The molecule has 0 aliphatic carbocycles. The molecule has 1 saturated heterocycles. The van der Waals surface area contributed by atoms with Crippen LogP contribution in [0, 0.1) is 0 Å². The lowest BCUT2D eigenvalue weighted by Crippen LogP contribution is -2.53. The zero-order chi connectivity index (χ0) is 9.03. The average molecular weight is 210 g/mol. The largest absolute Gasteiger partial charge is 0.479 e. The maximum absolute atomic E-state index is 10.9. The Morgan fingerprint density at radius 1 is 1.69 bits per heavy atom. The van der Waals surface area contributed by atoms with Gasteiger partial charge in [-0.25, -0.2) is 4.79 Å². The summed E-state index contributed by atoms with van der Waals surface area (Å²) >= 11 is 0. The number of nitrogens with one attached hydrogen (secondary N) is 1. The highest BCUT2D eigenvalue weighted by Gasteiger charge is 2.40. The first-order chi connectivity index (χ1) is 5.71. The monoisotopic (exact) mass is 209 g/mol. The number of hydrogen-bond acceptors (Lipinski definition) is 3. The molecule has 1 rings (SSSR count). The molecule has 78 valence electrons. The van der Waals surface area contributed by atoms with Crippen molar-refractivity contribution in [2.45, 2.75) is 25.4 Å². The van der Waals surface area contributed by atoms with Gasteiger partial charge in [-0.2, -0.15) is 0 Å². The van der Waals surface area contributed by atoms with Crippen molar-refractivity contribution < 1.29 is 14.6 Å². The topological polar surface area (TPSA) is 58.6 Å². The highest BCUT2D eigenvalue weighted by Crippen LogP contribution is 2.20. The Balaban J connectivity index is 0.00000144. The minimum atomic E-state index is -0.965. The summed E-state index contributed by atoms with van der Waals surface area (Å²) in [6.07, 6.45) is 1.48. The molecule has 0 amide bonds. The summed E-state index contributed by atoms with van der Waals surface area (Å²) in [5.41, 5.74) is -0.965. The molecule has 0 aromatic carbocycles. The number of piperidine rings is 1. The van der Waals surface area contributed by atoms with E-state index in [1.165, 1.54) is 0 Å². The molecule has 2 N–H and O–H groups in total. The van der Waals surface area contributed by atoms with E-state index in [0.717, 1.165) is 13.0 Å². The molecule has 1 fully saturated rings. The maximum Gasteiger partial charge on any atom is 0.337 e. The van der Waals surface area contributed by atoms with Crippen molar-refractivity contribution in [3.8, 4) is 0 Å². The smallest absolute Gasteiger partial charge is 0.337 e. The lowest BCUT2D eigenvalue weighted by Gasteiger charge is -2.33. The van der Waals surface area contributed by atoms with Crippen LogP contribution in [-0.2, 0) is 9.53 Å². The van der Waals surface area contributed by atoms with Gasteiger partial charge in [0.05, 0.1) is 0 Å². The molecule has 5 heteroatoms. The van der Waals surface area contributed by atoms with Crippen LogP contribution in [-0.4, -0.2) is 36.4 Å². The summed E-state index contributed by atoms with van der Waals surface area (Å²) in [5.74, 6) is -0.850. The summed E-state index contributed by atoms with van der Waals surface area (Å²) in [6, 6.07) is 0. The van der Waals surface area contributed by atoms with Crippen molar-refractivity contribution in [2.24, 2.45) is 0 Å². The average Bonchev–Trinajstić information content (AvgIpc) is 2.06. The Morgan fingerprint density at radius 3 is 2.77 bits per heavy atom. The number of rotatable bonds is 3. The summed E-state index contributed by atoms with van der Waals surface area (Å²) < 4.78 is 5.27. The first-order valence-electron chi connectivity index (χ1n) is 4.29. The predicted molar refractivity (Wildman–Crippen MR) is 51.3 cm³/mol. The standard InChI is InChI=1S/C8H15NO3.ClH/c1-2-12-8(7(10)11)4-3-5-9-6-8;/h9H,2-6H2,1H3,(H,10,11);1H. The van der Waals surface area contributed by atoms with Gasteiger partial charge in [0.1, 0.15) is 0 Å². The quantitative estimate of drug-likeness (QED) is 0.717. The fraction of sp³-hybridized carbons (Fsp3) is 0.875. The molecular weight excluding hydrogens is 194 g/mol. The van der Waals surface area contributed by atoms with Crippen LogP contribution in [0.3, 0.4) is 0 Å². The second-order valence-electron chi connectivity index (χ2n) is 3.01. The Kier molecular flexibility index (Phi) is 5.29. The van der Waals surface area contributed by atoms with Crippen molar-refractivity contribution in [3.05, 3.63) is 0 Å². The molecule has 1 unspecified atom stereocenters. The van der Waals surface area contributed by atoms with Crippen LogP contribution < -0.4 is 5.32 Å². The Bertz CT molecular complexity index is 163. The number of carbonyl (C=O) groups is 1. The van der Waals surface area contributed by atoms with Gasteiger partial charge in [-0.05, 0) is 26.3 Å². The van der Waals surface area contributed by atoms with Gasteiger partial charge in [0.15, 0.2) is 5.60 Å². The second-order valence-corrected chi connectivity index (χ2v) is 3.01. The van der Waals surface area contributed by atoms with Crippen LogP contribution in [0.4, 0.5) is 0 Å². The number of ether oxygens (including phenoxy) is 1. The molecular formula is C8H16ClNO3. The second kappa shape index (κ2) is 5.42. The molecule has 0 radical (unpaired) electrons. The van der Waals surface area contributed by atoms with Gasteiger partial charge >= 0.3 is 5.97 Å². The first-order valence-corrected chi connectivity index (χ1v) is 4.29. The Labute approximate surface area is 84.1 Å². The van der Waals surface area contributed by atoms with E-state index < -0.39 is 11.6 Å². The van der Waals surface area contributed by atoms with E-state index in [0.29, 0.717) is 19.6 Å². The van der Waals surface area contributed by atoms with Crippen LogP contribution in [0.15, 0.2) is 0 Å². The van der Waals surface area contributed by atoms with Gasteiger partial charge in [0.2, 0.25) is 0 Å². The first kappa shape index (κ1) is 12.7. The fourth-order valence-corrected chi connectivity index (χ4v) is 1.52. The number of carboxylic acids is 1. The molecule has 0 aromatic rings. The van der Waals surface area contributed by atoms with Crippen LogP contribution >= 0.6 is 12.4 Å². The zero-order valence-corrected chi connectivity index (χ0v) is 8.52. The highest BCUT2D eigenvalue weighted by atomic mass is 35.5. The van der Waals surface area contributed by atoms with Gasteiger partial charge in [-0.3, -0.25) is 0 Å². The van der Waals surface area contributed by atoms with Gasteiger partial charge in [-0.1, -0.05) is 0 Å². The maximum atomic E-state index is 10.9. The van der Waals surface area contributed by atoms with Crippen LogP contribution in [0.1, 0.15) is 19.8 Å². The summed E-state index contributed by atoms with van der Waals surface area (Å²) in [7, 11) is 0. The van der Waals surface area contributed by atoms with E-state index in [4.69, 9.17) is 9.84 Å². The molecule has 1 aliphatic rings. The van der Waals surface area contributed by atoms with E-state index in [2.05, 4.69) is 5.32 Å². The van der Waals surface area contributed by atoms with E-state index in [-0.39, 0.29) is 12.4 Å². The van der Waals surface area contributed by atoms with E-state index in [1.807, 2.05) is 6.92 Å². The third-order valence-electron chi connectivity index (χ3n) is 2.16. The summed E-state index contributed by atoms with van der Waals surface area (Å²) in [5, 5.41) is 12.0.